The first-order valence-electron chi connectivity index (χ1n) is 12.5. The second kappa shape index (κ2) is 10.7. The number of methoxy groups -OCH3 is 1. The van der Waals surface area contributed by atoms with Gasteiger partial charge in [0.1, 0.15) is 0 Å². The highest BCUT2D eigenvalue weighted by molar-refractivity contribution is 6.35. The van der Waals surface area contributed by atoms with Gasteiger partial charge in [0.15, 0.2) is 11.5 Å². The minimum absolute atomic E-state index is 0.162. The molecule has 2 amide bonds. The fourth-order valence-electron chi connectivity index (χ4n) is 5.26. The molecule has 1 saturated heterocycles. The zero-order valence-corrected chi connectivity index (χ0v) is 20.8. The number of aliphatic hydroxyl groups is 1. The maximum absolute atomic E-state index is 13.0. The lowest BCUT2D eigenvalue weighted by atomic mass is 9.72. The summed E-state index contributed by atoms with van der Waals surface area (Å²) in [5.41, 5.74) is 1.27. The number of ether oxygens (including phenoxy) is 2. The molecule has 2 fully saturated rings. The number of rotatable bonds is 7. The smallest absolute Gasteiger partial charge is 0.311 e. The Kier molecular flexibility index (Phi) is 7.65. The molecule has 2 aromatic carbocycles. The lowest BCUT2D eigenvalue weighted by molar-refractivity contribution is -0.145. The number of carbonyl (C=O) groups excluding carboxylic acids is 2. The van der Waals surface area contributed by atoms with E-state index < -0.39 is 23.3 Å². The van der Waals surface area contributed by atoms with Crippen molar-refractivity contribution in [3.63, 3.8) is 0 Å². The highest BCUT2D eigenvalue weighted by Crippen LogP contribution is 2.47. The molecule has 2 aliphatic rings. The summed E-state index contributed by atoms with van der Waals surface area (Å²) in [5, 5.41) is 13.5. The Labute approximate surface area is 207 Å². The summed E-state index contributed by atoms with van der Waals surface area (Å²) < 4.78 is 11.8. The third-order valence-corrected chi connectivity index (χ3v) is 7.65. The Morgan fingerprint density at radius 2 is 1.86 bits per heavy atom. The van der Waals surface area contributed by atoms with Crippen LogP contribution in [0.2, 0.25) is 0 Å². The predicted molar refractivity (Wildman–Crippen MR) is 133 cm³/mol. The lowest BCUT2D eigenvalue weighted by Gasteiger charge is -2.34. The standard InChI is InChI=1S/C28H36N2O5/c1-19(31)28(2)18-30(27(33)26(32)29-16-20-9-5-4-6-10-20)17-23(28)21-13-14-24(34-3)25(15-21)35-22-11-7-8-12-22/h4-6,9-10,13-15,19,22-23,31H,7-8,11-12,16-18H2,1-3H3,(H,29,32). The lowest BCUT2D eigenvalue weighted by Crippen LogP contribution is -2.43. The summed E-state index contributed by atoms with van der Waals surface area (Å²) in [4.78, 5) is 27.3. The van der Waals surface area contributed by atoms with E-state index in [-0.39, 0.29) is 25.1 Å². The van der Waals surface area contributed by atoms with Crippen LogP contribution in [0, 0.1) is 5.41 Å². The van der Waals surface area contributed by atoms with Crippen LogP contribution in [0.15, 0.2) is 48.5 Å². The van der Waals surface area contributed by atoms with Crippen LogP contribution in [0.3, 0.4) is 0 Å². The maximum atomic E-state index is 13.0. The van der Waals surface area contributed by atoms with Gasteiger partial charge < -0.3 is 24.8 Å². The molecule has 188 valence electrons. The molecule has 1 heterocycles. The van der Waals surface area contributed by atoms with E-state index in [0.717, 1.165) is 24.0 Å². The zero-order chi connectivity index (χ0) is 25.0. The topological polar surface area (TPSA) is 88.1 Å². The number of benzene rings is 2. The van der Waals surface area contributed by atoms with Gasteiger partial charge in [-0.2, -0.15) is 0 Å². The number of nitrogens with zero attached hydrogens (tertiary/aromatic N) is 1. The largest absolute Gasteiger partial charge is 0.493 e. The van der Waals surface area contributed by atoms with Gasteiger partial charge in [-0.05, 0) is 55.9 Å². The van der Waals surface area contributed by atoms with Gasteiger partial charge in [0.25, 0.3) is 0 Å². The number of carbonyl (C=O) groups is 2. The Bertz CT molecular complexity index is 1030. The van der Waals surface area contributed by atoms with Gasteiger partial charge in [0, 0.05) is 31.0 Å². The van der Waals surface area contributed by atoms with Gasteiger partial charge >= 0.3 is 11.8 Å². The predicted octanol–water partition coefficient (Wildman–Crippen LogP) is 3.65. The highest BCUT2D eigenvalue weighted by atomic mass is 16.5. The van der Waals surface area contributed by atoms with Gasteiger partial charge in [0.2, 0.25) is 0 Å². The van der Waals surface area contributed by atoms with E-state index >= 15 is 0 Å². The summed E-state index contributed by atoms with van der Waals surface area (Å²) >= 11 is 0. The number of hydrogen-bond donors (Lipinski definition) is 2. The van der Waals surface area contributed by atoms with Crippen LogP contribution in [0.1, 0.15) is 56.6 Å². The molecule has 0 spiro atoms. The van der Waals surface area contributed by atoms with Crippen molar-refractivity contribution in [2.75, 3.05) is 20.2 Å². The van der Waals surface area contributed by atoms with E-state index in [0.29, 0.717) is 18.0 Å². The number of hydrogen-bond acceptors (Lipinski definition) is 5. The minimum atomic E-state index is -0.681. The Hall–Kier alpha value is -3.06. The number of amides is 2. The molecule has 0 radical (unpaired) electrons. The van der Waals surface area contributed by atoms with E-state index in [9.17, 15) is 14.7 Å². The average molecular weight is 481 g/mol. The molecule has 1 aliphatic carbocycles. The van der Waals surface area contributed by atoms with Crippen molar-refractivity contribution in [3.05, 3.63) is 59.7 Å². The maximum Gasteiger partial charge on any atom is 0.311 e. The Morgan fingerprint density at radius 3 is 2.51 bits per heavy atom. The molecule has 0 bridgehead atoms. The molecule has 0 aromatic heterocycles. The molecular weight excluding hydrogens is 444 g/mol. The molecule has 4 rings (SSSR count). The van der Waals surface area contributed by atoms with Crippen LogP contribution in [0.5, 0.6) is 11.5 Å². The van der Waals surface area contributed by atoms with Crippen molar-refractivity contribution in [3.8, 4) is 11.5 Å². The number of likely N-dealkylation sites (tertiary alicyclic amines) is 1. The molecule has 1 saturated carbocycles. The second-order valence-electron chi connectivity index (χ2n) is 10.0. The molecule has 35 heavy (non-hydrogen) atoms. The Morgan fingerprint density at radius 1 is 1.14 bits per heavy atom. The zero-order valence-electron chi connectivity index (χ0n) is 20.8. The summed E-state index contributed by atoms with van der Waals surface area (Å²) in [6.07, 6.45) is 3.89. The van der Waals surface area contributed by atoms with E-state index in [1.54, 1.807) is 18.9 Å². The van der Waals surface area contributed by atoms with Crippen LogP contribution in [-0.4, -0.2) is 54.2 Å². The monoisotopic (exact) mass is 480 g/mol. The molecule has 3 unspecified atom stereocenters. The van der Waals surface area contributed by atoms with E-state index in [4.69, 9.17) is 9.47 Å². The quantitative estimate of drug-likeness (QED) is 0.591. The van der Waals surface area contributed by atoms with Crippen molar-refractivity contribution < 1.29 is 24.2 Å². The van der Waals surface area contributed by atoms with Crippen molar-refractivity contribution in [1.82, 2.24) is 10.2 Å². The minimum Gasteiger partial charge on any atom is -0.493 e. The van der Waals surface area contributed by atoms with Crippen LogP contribution < -0.4 is 14.8 Å². The fourth-order valence-corrected chi connectivity index (χ4v) is 5.26. The molecule has 3 atom stereocenters. The summed E-state index contributed by atoms with van der Waals surface area (Å²) in [6.45, 7) is 4.64. The summed E-state index contributed by atoms with van der Waals surface area (Å²) in [6, 6.07) is 15.3. The number of aliphatic hydroxyl groups excluding tert-OH is 1. The van der Waals surface area contributed by atoms with Gasteiger partial charge in [-0.3, -0.25) is 9.59 Å². The highest BCUT2D eigenvalue weighted by Gasteiger charge is 2.49. The van der Waals surface area contributed by atoms with Crippen LogP contribution in [0.4, 0.5) is 0 Å². The summed E-state index contributed by atoms with van der Waals surface area (Å²) in [7, 11) is 1.63. The first-order valence-corrected chi connectivity index (χ1v) is 12.5. The van der Waals surface area contributed by atoms with Gasteiger partial charge in [-0.1, -0.05) is 43.3 Å². The van der Waals surface area contributed by atoms with Crippen molar-refractivity contribution >= 4 is 11.8 Å². The van der Waals surface area contributed by atoms with E-state index in [2.05, 4.69) is 5.32 Å². The third-order valence-electron chi connectivity index (χ3n) is 7.65. The molecule has 1 aliphatic heterocycles. The third kappa shape index (κ3) is 5.45. The fraction of sp³-hybridized carbons (Fsp3) is 0.500. The van der Waals surface area contributed by atoms with E-state index in [1.165, 1.54) is 12.8 Å². The first kappa shape index (κ1) is 25.0. The molecule has 2 N–H and O–H groups in total. The van der Waals surface area contributed by atoms with E-state index in [1.807, 2.05) is 55.5 Å². The van der Waals surface area contributed by atoms with Crippen LogP contribution in [0.25, 0.3) is 0 Å². The summed E-state index contributed by atoms with van der Waals surface area (Å²) in [5.74, 6) is -0.0141. The van der Waals surface area contributed by atoms with Gasteiger partial charge in [-0.15, -0.1) is 0 Å². The van der Waals surface area contributed by atoms with Crippen molar-refractivity contribution in [1.29, 1.82) is 0 Å². The van der Waals surface area contributed by atoms with Crippen LogP contribution >= 0.6 is 0 Å². The normalized spacial score (nSPS) is 23.2. The number of nitrogens with one attached hydrogen (secondary N) is 1. The van der Waals surface area contributed by atoms with Crippen LogP contribution in [-0.2, 0) is 16.1 Å². The SMILES string of the molecule is COc1ccc(C2CN(C(=O)C(=O)NCc3ccccc3)CC2(C)C(C)O)cc1OC1CCCC1. The Balaban J connectivity index is 1.52. The van der Waals surface area contributed by atoms with Crippen molar-refractivity contribution in [2.24, 2.45) is 5.41 Å². The van der Waals surface area contributed by atoms with Gasteiger partial charge in [0.05, 0.1) is 19.3 Å². The molecular formula is C28H36N2O5. The average Bonchev–Trinajstić information content (AvgIpc) is 3.51. The second-order valence-corrected chi connectivity index (χ2v) is 10.0. The molecule has 7 nitrogen and oxygen atoms in total. The molecule has 7 heteroatoms. The van der Waals surface area contributed by atoms with Crippen molar-refractivity contribution in [2.45, 2.75) is 64.2 Å². The first-order chi connectivity index (χ1) is 16.8. The molecule has 2 aromatic rings. The van der Waals surface area contributed by atoms with Gasteiger partial charge in [-0.25, -0.2) is 0 Å².